The second-order valence-electron chi connectivity index (χ2n) is 4.17. The fraction of sp³-hybridized carbons (Fsp3) is 0.154. The highest BCUT2D eigenvalue weighted by molar-refractivity contribution is 6.28. The molecule has 1 heterocycles. The van der Waals surface area contributed by atoms with Crippen LogP contribution in [0.5, 0.6) is 0 Å². The van der Waals surface area contributed by atoms with Crippen molar-refractivity contribution in [1.29, 1.82) is 5.26 Å². The van der Waals surface area contributed by atoms with Gasteiger partial charge in [0.05, 0.1) is 11.6 Å². The van der Waals surface area contributed by atoms with Crippen LogP contribution in [-0.4, -0.2) is 9.97 Å². The van der Waals surface area contributed by atoms with Crippen LogP contribution in [0.15, 0.2) is 24.3 Å². The molecule has 0 atom stereocenters. The molecule has 0 amide bonds. The molecule has 0 aliphatic carbocycles. The minimum Gasteiger partial charge on any atom is -0.340 e. The quantitative estimate of drug-likeness (QED) is 0.849. The summed E-state index contributed by atoms with van der Waals surface area (Å²) < 4.78 is 38.0. The predicted octanol–water partition coefficient (Wildman–Crippen LogP) is 4.07. The topological polar surface area (TPSA) is 61.6 Å². The van der Waals surface area contributed by atoms with E-state index in [0.29, 0.717) is 11.3 Å². The highest BCUT2D eigenvalue weighted by atomic mass is 35.5. The Balaban J connectivity index is 2.41. The number of rotatable bonds is 2. The molecule has 1 aromatic carbocycles. The van der Waals surface area contributed by atoms with Gasteiger partial charge in [-0.1, -0.05) is 6.07 Å². The van der Waals surface area contributed by atoms with Crippen LogP contribution in [0.3, 0.4) is 0 Å². The summed E-state index contributed by atoms with van der Waals surface area (Å²) in [4.78, 5) is 6.84. The molecule has 8 heteroatoms. The third-order valence-corrected chi connectivity index (χ3v) is 2.79. The first-order valence-electron chi connectivity index (χ1n) is 5.69. The molecule has 0 aliphatic rings. The van der Waals surface area contributed by atoms with E-state index in [0.717, 1.165) is 11.6 Å². The minimum atomic E-state index is -4.62. The van der Waals surface area contributed by atoms with E-state index < -0.39 is 17.2 Å². The van der Waals surface area contributed by atoms with Crippen LogP contribution < -0.4 is 5.32 Å². The Morgan fingerprint density at radius 1 is 1.24 bits per heavy atom. The number of benzene rings is 1. The molecule has 1 aromatic heterocycles. The lowest BCUT2D eigenvalue weighted by Crippen LogP contribution is -2.10. The second-order valence-corrected chi connectivity index (χ2v) is 4.51. The zero-order chi connectivity index (χ0) is 15.6. The fourth-order valence-corrected chi connectivity index (χ4v) is 1.77. The summed E-state index contributed by atoms with van der Waals surface area (Å²) in [5, 5.41) is 11.0. The van der Waals surface area contributed by atoms with Gasteiger partial charge in [-0.25, -0.2) is 9.97 Å². The molecule has 0 radical (unpaired) electrons. The first-order chi connectivity index (χ1) is 9.79. The maximum Gasteiger partial charge on any atom is 0.433 e. The molecule has 0 saturated carbocycles. The number of aryl methyl sites for hydroxylation is 1. The van der Waals surface area contributed by atoms with Crippen LogP contribution in [0.25, 0.3) is 0 Å². The number of nitrogens with one attached hydrogen (secondary N) is 1. The average molecular weight is 313 g/mol. The van der Waals surface area contributed by atoms with Crippen molar-refractivity contribution in [2.75, 3.05) is 5.32 Å². The van der Waals surface area contributed by atoms with Gasteiger partial charge in [0.1, 0.15) is 5.82 Å². The number of halogens is 4. The lowest BCUT2D eigenvalue weighted by molar-refractivity contribution is -0.141. The molecule has 108 valence electrons. The summed E-state index contributed by atoms with van der Waals surface area (Å²) >= 11 is 5.51. The van der Waals surface area contributed by atoms with Crippen LogP contribution in [0, 0.1) is 18.3 Å². The van der Waals surface area contributed by atoms with E-state index >= 15 is 0 Å². The molecular formula is C13H8ClF3N4. The van der Waals surface area contributed by atoms with Crippen LogP contribution in [0.2, 0.25) is 5.28 Å². The number of hydrogen-bond acceptors (Lipinski definition) is 4. The molecule has 1 N–H and O–H groups in total. The number of anilines is 2. The molecule has 0 spiro atoms. The molecule has 0 fully saturated rings. The number of nitriles is 1. The number of aromatic nitrogens is 2. The molecule has 21 heavy (non-hydrogen) atoms. The number of alkyl halides is 3. The highest BCUT2D eigenvalue weighted by Crippen LogP contribution is 2.30. The summed E-state index contributed by atoms with van der Waals surface area (Å²) in [6.07, 6.45) is -4.62. The van der Waals surface area contributed by atoms with Gasteiger partial charge in [-0.05, 0) is 36.2 Å². The Hall–Kier alpha value is -2.33. The van der Waals surface area contributed by atoms with Gasteiger partial charge in [-0.3, -0.25) is 0 Å². The molecule has 4 nitrogen and oxygen atoms in total. The van der Waals surface area contributed by atoms with Crippen molar-refractivity contribution in [3.63, 3.8) is 0 Å². The molecular weight excluding hydrogens is 305 g/mol. The fourth-order valence-electron chi connectivity index (χ4n) is 1.59. The third-order valence-electron chi connectivity index (χ3n) is 2.62. The molecule has 0 saturated heterocycles. The summed E-state index contributed by atoms with van der Waals surface area (Å²) in [6, 6.07) is 7.50. The molecule has 0 bridgehead atoms. The van der Waals surface area contributed by atoms with Crippen molar-refractivity contribution < 1.29 is 13.2 Å². The van der Waals surface area contributed by atoms with Crippen molar-refractivity contribution in [3.8, 4) is 6.07 Å². The lowest BCUT2D eigenvalue weighted by atomic mass is 10.1. The first kappa shape index (κ1) is 15.1. The monoisotopic (exact) mass is 312 g/mol. The Morgan fingerprint density at radius 2 is 1.95 bits per heavy atom. The van der Waals surface area contributed by atoms with E-state index in [-0.39, 0.29) is 5.82 Å². The molecule has 0 unspecified atom stereocenters. The van der Waals surface area contributed by atoms with Crippen molar-refractivity contribution in [2.24, 2.45) is 0 Å². The normalized spacial score (nSPS) is 11.0. The zero-order valence-corrected chi connectivity index (χ0v) is 11.4. The summed E-state index contributed by atoms with van der Waals surface area (Å²) in [5.74, 6) is -0.0967. The Bertz CT molecular complexity index is 722. The van der Waals surface area contributed by atoms with Gasteiger partial charge in [-0.15, -0.1) is 0 Å². The molecule has 2 rings (SSSR count). The maximum absolute atomic E-state index is 12.7. The Labute approximate surface area is 123 Å². The smallest absolute Gasteiger partial charge is 0.340 e. The van der Waals surface area contributed by atoms with Crippen LogP contribution >= 0.6 is 11.6 Å². The number of hydrogen-bond donors (Lipinski definition) is 1. The van der Waals surface area contributed by atoms with Gasteiger partial charge in [0.2, 0.25) is 5.28 Å². The summed E-state index contributed by atoms with van der Waals surface area (Å²) in [5.41, 5.74) is 0.452. The third kappa shape index (κ3) is 3.61. The largest absolute Gasteiger partial charge is 0.433 e. The maximum atomic E-state index is 12.7. The van der Waals surface area contributed by atoms with Crippen LogP contribution in [0.1, 0.15) is 16.8 Å². The Morgan fingerprint density at radius 3 is 2.57 bits per heavy atom. The average Bonchev–Trinajstić information content (AvgIpc) is 2.39. The molecule has 0 aliphatic heterocycles. The Kier molecular flexibility index (Phi) is 4.00. The molecule has 2 aromatic rings. The van der Waals surface area contributed by atoms with Crippen molar-refractivity contribution in [3.05, 3.63) is 46.4 Å². The van der Waals surface area contributed by atoms with Gasteiger partial charge in [0.25, 0.3) is 0 Å². The second kappa shape index (κ2) is 5.58. The van der Waals surface area contributed by atoms with Gasteiger partial charge >= 0.3 is 6.18 Å². The van der Waals surface area contributed by atoms with Crippen LogP contribution in [0.4, 0.5) is 24.7 Å². The van der Waals surface area contributed by atoms with Crippen molar-refractivity contribution in [1.82, 2.24) is 9.97 Å². The van der Waals surface area contributed by atoms with E-state index in [1.165, 1.54) is 6.07 Å². The van der Waals surface area contributed by atoms with Crippen LogP contribution in [-0.2, 0) is 6.18 Å². The predicted molar refractivity (Wildman–Crippen MR) is 71.2 cm³/mol. The van der Waals surface area contributed by atoms with Crippen molar-refractivity contribution in [2.45, 2.75) is 13.1 Å². The zero-order valence-electron chi connectivity index (χ0n) is 10.7. The number of nitrogens with zero attached hydrogens (tertiary/aromatic N) is 3. The lowest BCUT2D eigenvalue weighted by Gasteiger charge is -2.11. The van der Waals surface area contributed by atoms with Gasteiger partial charge in [0.15, 0.2) is 5.69 Å². The standard InChI is InChI=1S/C13H8ClF3N4/c1-7-2-3-8(6-18)4-9(7)19-11-5-10(13(15,16)17)20-12(14)21-11/h2-5H,1H3,(H,19,20,21). The summed E-state index contributed by atoms with van der Waals surface area (Å²) in [6.45, 7) is 1.75. The highest BCUT2D eigenvalue weighted by Gasteiger charge is 2.33. The minimum absolute atomic E-state index is 0.0967. The first-order valence-corrected chi connectivity index (χ1v) is 6.07. The van der Waals surface area contributed by atoms with E-state index in [1.54, 1.807) is 19.1 Å². The van der Waals surface area contributed by atoms with E-state index in [1.807, 2.05) is 6.07 Å². The van der Waals surface area contributed by atoms with Gasteiger partial charge in [0, 0.05) is 11.8 Å². The van der Waals surface area contributed by atoms with Gasteiger partial charge < -0.3 is 5.32 Å². The SMILES string of the molecule is Cc1ccc(C#N)cc1Nc1cc(C(F)(F)F)nc(Cl)n1. The summed E-state index contributed by atoms with van der Waals surface area (Å²) in [7, 11) is 0. The van der Waals surface area contributed by atoms with E-state index in [2.05, 4.69) is 15.3 Å². The van der Waals surface area contributed by atoms with E-state index in [4.69, 9.17) is 16.9 Å². The van der Waals surface area contributed by atoms with E-state index in [9.17, 15) is 13.2 Å². The van der Waals surface area contributed by atoms with Crippen molar-refractivity contribution >= 4 is 23.1 Å². The van der Waals surface area contributed by atoms with Gasteiger partial charge in [-0.2, -0.15) is 18.4 Å².